The van der Waals surface area contributed by atoms with Crippen LogP contribution in [0.15, 0.2) is 0 Å². The summed E-state index contributed by atoms with van der Waals surface area (Å²) in [6.45, 7) is 8.85. The van der Waals surface area contributed by atoms with E-state index in [0.717, 1.165) is 38.6 Å². The highest BCUT2D eigenvalue weighted by atomic mass is 16.3. The molecule has 108 valence electrons. The lowest BCUT2D eigenvalue weighted by Crippen LogP contribution is -2.56. The number of hydrogen-bond acceptors (Lipinski definition) is 3. The van der Waals surface area contributed by atoms with E-state index in [2.05, 4.69) is 17.6 Å². The first-order valence-corrected chi connectivity index (χ1v) is 7.21. The second-order valence-electron chi connectivity index (χ2n) is 5.01. The fourth-order valence-corrected chi connectivity index (χ4v) is 1.99. The highest BCUT2D eigenvalue weighted by Crippen LogP contribution is 2.15. The van der Waals surface area contributed by atoms with E-state index >= 15 is 0 Å². The number of aliphatic hydroxyl groups excluding tert-OH is 1. The quantitative estimate of drug-likeness (QED) is 0.524. The first kappa shape index (κ1) is 17.4. The van der Waals surface area contributed by atoms with Crippen molar-refractivity contribution in [3.8, 4) is 0 Å². The van der Waals surface area contributed by atoms with Gasteiger partial charge in [-0.05, 0) is 26.2 Å². The maximum absolute atomic E-state index is 11.9. The van der Waals surface area contributed by atoms with Crippen molar-refractivity contribution in [1.29, 1.82) is 0 Å². The van der Waals surface area contributed by atoms with Crippen molar-refractivity contribution in [2.75, 3.05) is 13.2 Å². The van der Waals surface area contributed by atoms with E-state index in [-0.39, 0.29) is 24.1 Å². The number of hydrogen-bond donors (Lipinski definition) is 3. The largest absolute Gasteiger partial charge is 0.394 e. The van der Waals surface area contributed by atoms with Gasteiger partial charge in [0, 0.05) is 12.1 Å². The zero-order chi connectivity index (χ0) is 14.0. The lowest BCUT2D eigenvalue weighted by molar-refractivity contribution is -0.123. The monoisotopic (exact) mass is 258 g/mol. The molecule has 18 heavy (non-hydrogen) atoms. The van der Waals surface area contributed by atoms with Crippen molar-refractivity contribution in [2.45, 2.75) is 71.4 Å². The molecule has 0 saturated carbocycles. The molecule has 0 rings (SSSR count). The Balaban J connectivity index is 4.13. The Hall–Kier alpha value is -0.610. The van der Waals surface area contributed by atoms with Crippen molar-refractivity contribution >= 4 is 5.91 Å². The summed E-state index contributed by atoms with van der Waals surface area (Å²) in [6.07, 6.45) is 4.96. The molecule has 4 heteroatoms. The maximum atomic E-state index is 11.9. The average Bonchev–Trinajstić information content (AvgIpc) is 2.40. The average molecular weight is 258 g/mol. The van der Waals surface area contributed by atoms with Gasteiger partial charge in [0.15, 0.2) is 0 Å². The molecule has 0 spiro atoms. The van der Waals surface area contributed by atoms with Crippen LogP contribution in [0.4, 0.5) is 0 Å². The standard InChI is InChI=1S/C14H30N2O2/c1-5-8-9-10-15-13(18)12(4)16-14(6-2,7-3)11-17/h12,16-17H,5-11H2,1-4H3,(H,15,18). The number of carbonyl (C=O) groups is 1. The third-order valence-corrected chi connectivity index (χ3v) is 3.65. The van der Waals surface area contributed by atoms with Crippen LogP contribution in [-0.4, -0.2) is 35.7 Å². The van der Waals surface area contributed by atoms with Gasteiger partial charge in [-0.1, -0.05) is 33.6 Å². The first-order chi connectivity index (χ1) is 8.55. The third-order valence-electron chi connectivity index (χ3n) is 3.65. The van der Waals surface area contributed by atoms with Crippen LogP contribution in [0.3, 0.4) is 0 Å². The highest BCUT2D eigenvalue weighted by Gasteiger charge is 2.28. The Labute approximate surface area is 112 Å². The molecule has 1 amide bonds. The second-order valence-corrected chi connectivity index (χ2v) is 5.01. The van der Waals surface area contributed by atoms with Crippen molar-refractivity contribution in [3.05, 3.63) is 0 Å². The fraction of sp³-hybridized carbons (Fsp3) is 0.929. The van der Waals surface area contributed by atoms with Gasteiger partial charge < -0.3 is 10.4 Å². The molecule has 0 aromatic rings. The summed E-state index contributed by atoms with van der Waals surface area (Å²) in [5.41, 5.74) is -0.333. The molecule has 0 bridgehead atoms. The zero-order valence-electron chi connectivity index (χ0n) is 12.4. The number of amides is 1. The summed E-state index contributed by atoms with van der Waals surface area (Å²) in [5.74, 6) is 0.0193. The van der Waals surface area contributed by atoms with E-state index in [0.29, 0.717) is 0 Å². The molecule has 0 aromatic heterocycles. The number of carbonyl (C=O) groups excluding carboxylic acids is 1. The van der Waals surface area contributed by atoms with E-state index in [4.69, 9.17) is 0 Å². The highest BCUT2D eigenvalue weighted by molar-refractivity contribution is 5.81. The van der Waals surface area contributed by atoms with E-state index in [1.165, 1.54) is 0 Å². The first-order valence-electron chi connectivity index (χ1n) is 7.21. The summed E-state index contributed by atoms with van der Waals surface area (Å²) in [6, 6.07) is -0.265. The summed E-state index contributed by atoms with van der Waals surface area (Å²) in [4.78, 5) is 11.9. The molecule has 0 saturated heterocycles. The van der Waals surface area contributed by atoms with Gasteiger partial charge >= 0.3 is 0 Å². The number of aliphatic hydroxyl groups is 1. The summed E-state index contributed by atoms with van der Waals surface area (Å²) in [7, 11) is 0. The Morgan fingerprint density at radius 2 is 1.83 bits per heavy atom. The summed E-state index contributed by atoms with van der Waals surface area (Å²) < 4.78 is 0. The maximum Gasteiger partial charge on any atom is 0.236 e. The van der Waals surface area contributed by atoms with Gasteiger partial charge in [0.05, 0.1) is 12.6 Å². The van der Waals surface area contributed by atoms with E-state index < -0.39 is 0 Å². The fourth-order valence-electron chi connectivity index (χ4n) is 1.99. The minimum absolute atomic E-state index is 0.0193. The van der Waals surface area contributed by atoms with Crippen LogP contribution in [0.1, 0.15) is 59.8 Å². The van der Waals surface area contributed by atoms with Crippen LogP contribution in [0.25, 0.3) is 0 Å². The van der Waals surface area contributed by atoms with E-state index in [1.54, 1.807) is 0 Å². The third kappa shape index (κ3) is 5.83. The molecule has 3 N–H and O–H groups in total. The van der Waals surface area contributed by atoms with Crippen LogP contribution < -0.4 is 10.6 Å². The van der Waals surface area contributed by atoms with Crippen molar-refractivity contribution in [3.63, 3.8) is 0 Å². The Morgan fingerprint density at radius 3 is 2.28 bits per heavy atom. The molecular formula is C14H30N2O2. The zero-order valence-corrected chi connectivity index (χ0v) is 12.4. The molecule has 0 heterocycles. The van der Waals surface area contributed by atoms with Gasteiger partial charge in [-0.3, -0.25) is 10.1 Å². The van der Waals surface area contributed by atoms with Crippen molar-refractivity contribution in [1.82, 2.24) is 10.6 Å². The molecule has 0 aromatic carbocycles. The summed E-state index contributed by atoms with van der Waals surface area (Å²) in [5, 5.41) is 15.6. The molecule has 0 aliphatic carbocycles. The van der Waals surface area contributed by atoms with Crippen molar-refractivity contribution in [2.24, 2.45) is 0 Å². The number of rotatable bonds is 10. The Bertz CT molecular complexity index is 220. The molecular weight excluding hydrogens is 228 g/mol. The Morgan fingerprint density at radius 1 is 1.22 bits per heavy atom. The van der Waals surface area contributed by atoms with Crippen LogP contribution >= 0.6 is 0 Å². The van der Waals surface area contributed by atoms with Gasteiger partial charge in [-0.25, -0.2) is 0 Å². The molecule has 0 radical (unpaired) electrons. The smallest absolute Gasteiger partial charge is 0.236 e. The Kier molecular flexibility index (Phi) is 9.02. The molecule has 0 aliphatic rings. The van der Waals surface area contributed by atoms with Crippen molar-refractivity contribution < 1.29 is 9.90 Å². The van der Waals surface area contributed by atoms with Gasteiger partial charge in [-0.2, -0.15) is 0 Å². The van der Waals surface area contributed by atoms with Gasteiger partial charge in [-0.15, -0.1) is 0 Å². The van der Waals surface area contributed by atoms with Crippen LogP contribution in [0, 0.1) is 0 Å². The SMILES string of the molecule is CCCCCNC(=O)C(C)NC(CC)(CC)CO. The summed E-state index contributed by atoms with van der Waals surface area (Å²) >= 11 is 0. The van der Waals surface area contributed by atoms with Crippen LogP contribution in [-0.2, 0) is 4.79 Å². The van der Waals surface area contributed by atoms with Crippen LogP contribution in [0.2, 0.25) is 0 Å². The topological polar surface area (TPSA) is 61.4 Å². The van der Waals surface area contributed by atoms with E-state index in [1.807, 2.05) is 20.8 Å². The van der Waals surface area contributed by atoms with Gasteiger partial charge in [0.2, 0.25) is 5.91 Å². The molecule has 0 fully saturated rings. The molecule has 0 aliphatic heterocycles. The van der Waals surface area contributed by atoms with Gasteiger partial charge in [0.1, 0.15) is 0 Å². The predicted octanol–water partition coefficient (Wildman–Crippen LogP) is 1.82. The molecule has 1 atom stereocenters. The molecule has 1 unspecified atom stereocenters. The lowest BCUT2D eigenvalue weighted by Gasteiger charge is -2.33. The van der Waals surface area contributed by atoms with Crippen LogP contribution in [0.5, 0.6) is 0 Å². The lowest BCUT2D eigenvalue weighted by atomic mass is 9.93. The number of unbranched alkanes of at least 4 members (excludes halogenated alkanes) is 2. The second kappa shape index (κ2) is 9.34. The number of nitrogens with one attached hydrogen (secondary N) is 2. The molecule has 4 nitrogen and oxygen atoms in total. The van der Waals surface area contributed by atoms with E-state index in [9.17, 15) is 9.90 Å². The predicted molar refractivity (Wildman–Crippen MR) is 75.5 cm³/mol. The minimum Gasteiger partial charge on any atom is -0.394 e. The van der Waals surface area contributed by atoms with Gasteiger partial charge in [0.25, 0.3) is 0 Å². The minimum atomic E-state index is -0.333. The normalized spacial score (nSPS) is 13.4.